The molecule has 0 atom stereocenters. The Labute approximate surface area is 71.3 Å². The summed E-state index contributed by atoms with van der Waals surface area (Å²) >= 11 is 0. The SMILES string of the molecule is C=C(/C=C\C(N)=C/C)P(=O)(O)O. The Morgan fingerprint density at radius 1 is 1.50 bits per heavy atom. The van der Waals surface area contributed by atoms with Gasteiger partial charge < -0.3 is 15.5 Å². The van der Waals surface area contributed by atoms with Crippen LogP contribution in [0.4, 0.5) is 0 Å². The van der Waals surface area contributed by atoms with Crippen molar-refractivity contribution >= 4 is 7.60 Å². The molecule has 4 N–H and O–H groups in total. The zero-order chi connectivity index (χ0) is 9.78. The van der Waals surface area contributed by atoms with Crippen LogP contribution in [0.25, 0.3) is 0 Å². The van der Waals surface area contributed by atoms with E-state index in [0.29, 0.717) is 5.70 Å². The molecule has 12 heavy (non-hydrogen) atoms. The molecule has 0 aromatic carbocycles. The van der Waals surface area contributed by atoms with Crippen molar-refractivity contribution in [2.75, 3.05) is 0 Å². The van der Waals surface area contributed by atoms with E-state index in [-0.39, 0.29) is 5.31 Å². The van der Waals surface area contributed by atoms with E-state index in [1.54, 1.807) is 13.0 Å². The van der Waals surface area contributed by atoms with E-state index in [1.807, 2.05) is 0 Å². The fourth-order valence-corrected chi connectivity index (χ4v) is 0.654. The summed E-state index contributed by atoms with van der Waals surface area (Å²) in [6.07, 6.45) is 4.21. The molecule has 0 spiro atoms. The van der Waals surface area contributed by atoms with Crippen LogP contribution in [-0.4, -0.2) is 9.79 Å². The molecule has 0 fully saturated rings. The molecule has 0 bridgehead atoms. The maximum Gasteiger partial charge on any atom is 0.355 e. The molecule has 0 aliphatic rings. The van der Waals surface area contributed by atoms with Crippen molar-refractivity contribution in [3.8, 4) is 0 Å². The molecule has 4 nitrogen and oxygen atoms in total. The Morgan fingerprint density at radius 2 is 2.00 bits per heavy atom. The Morgan fingerprint density at radius 3 is 2.33 bits per heavy atom. The molecule has 0 aromatic rings. The van der Waals surface area contributed by atoms with E-state index in [9.17, 15) is 4.57 Å². The normalized spacial score (nSPS) is 13.8. The minimum absolute atomic E-state index is 0.243. The van der Waals surface area contributed by atoms with Gasteiger partial charge in [0, 0.05) is 5.70 Å². The monoisotopic (exact) mass is 189 g/mol. The number of nitrogens with two attached hydrogens (primary N) is 1. The highest BCUT2D eigenvalue weighted by atomic mass is 31.2. The number of hydrogen-bond donors (Lipinski definition) is 3. The van der Waals surface area contributed by atoms with Gasteiger partial charge >= 0.3 is 7.60 Å². The Balaban J connectivity index is 4.40. The highest BCUT2D eigenvalue weighted by Gasteiger charge is 2.14. The molecule has 0 aromatic heterocycles. The Hall–Kier alpha value is -0.830. The number of hydrogen-bond acceptors (Lipinski definition) is 2. The van der Waals surface area contributed by atoms with Crippen molar-refractivity contribution in [2.24, 2.45) is 5.73 Å². The summed E-state index contributed by atoms with van der Waals surface area (Å²) < 4.78 is 10.5. The van der Waals surface area contributed by atoms with Gasteiger partial charge in [0.05, 0.1) is 5.31 Å². The van der Waals surface area contributed by atoms with E-state index in [2.05, 4.69) is 6.58 Å². The highest BCUT2D eigenvalue weighted by molar-refractivity contribution is 7.56. The molecule has 0 radical (unpaired) electrons. The van der Waals surface area contributed by atoms with Crippen LogP contribution in [-0.2, 0) is 4.57 Å². The molecule has 5 heteroatoms. The first-order valence-electron chi connectivity index (χ1n) is 3.23. The third-order valence-electron chi connectivity index (χ3n) is 1.18. The minimum atomic E-state index is -4.19. The average molecular weight is 189 g/mol. The van der Waals surface area contributed by atoms with Crippen molar-refractivity contribution in [3.05, 3.63) is 35.8 Å². The molecule has 0 saturated heterocycles. The number of rotatable bonds is 3. The lowest BCUT2D eigenvalue weighted by Gasteiger charge is -2.00. The van der Waals surface area contributed by atoms with Crippen LogP contribution in [0.5, 0.6) is 0 Å². The van der Waals surface area contributed by atoms with Gasteiger partial charge in [-0.25, -0.2) is 0 Å². The summed E-state index contributed by atoms with van der Waals surface area (Å²) in [5.74, 6) is 0. The highest BCUT2D eigenvalue weighted by Crippen LogP contribution is 2.44. The summed E-state index contributed by atoms with van der Waals surface area (Å²) in [5, 5.41) is -0.243. The van der Waals surface area contributed by atoms with Crippen molar-refractivity contribution in [2.45, 2.75) is 6.92 Å². The molecule has 0 unspecified atom stereocenters. The van der Waals surface area contributed by atoms with Gasteiger partial charge in [0.1, 0.15) is 0 Å². The Bertz CT molecular complexity index is 274. The van der Waals surface area contributed by atoms with E-state index < -0.39 is 7.60 Å². The van der Waals surface area contributed by atoms with Crippen molar-refractivity contribution in [1.29, 1.82) is 0 Å². The molecular weight excluding hydrogens is 177 g/mol. The first-order valence-corrected chi connectivity index (χ1v) is 4.84. The second-order valence-electron chi connectivity index (χ2n) is 2.16. The van der Waals surface area contributed by atoms with Crippen LogP contribution in [0.2, 0.25) is 0 Å². The standard InChI is InChI=1S/C7H12NO3P/c1-3-7(8)5-4-6(2)12(9,10)11/h3-5H,2,8H2,1H3,(H2,9,10,11)/b5-4-,7-3+. The van der Waals surface area contributed by atoms with E-state index >= 15 is 0 Å². The van der Waals surface area contributed by atoms with Gasteiger partial charge in [-0.1, -0.05) is 12.7 Å². The van der Waals surface area contributed by atoms with Gasteiger partial charge in [0.25, 0.3) is 0 Å². The van der Waals surface area contributed by atoms with Gasteiger partial charge in [-0.2, -0.15) is 0 Å². The van der Waals surface area contributed by atoms with Gasteiger partial charge in [-0.15, -0.1) is 0 Å². The molecule has 0 rings (SSSR count). The fourth-order valence-electron chi connectivity index (χ4n) is 0.386. The topological polar surface area (TPSA) is 83.6 Å². The van der Waals surface area contributed by atoms with Crippen LogP contribution >= 0.6 is 7.60 Å². The lowest BCUT2D eigenvalue weighted by molar-refractivity contribution is 0.383. The quantitative estimate of drug-likeness (QED) is 0.458. The van der Waals surface area contributed by atoms with Crippen LogP contribution in [0.3, 0.4) is 0 Å². The van der Waals surface area contributed by atoms with Gasteiger partial charge in [-0.05, 0) is 19.1 Å². The Kier molecular flexibility index (Phi) is 3.96. The lowest BCUT2D eigenvalue weighted by atomic mass is 10.4. The van der Waals surface area contributed by atoms with Crippen molar-refractivity contribution in [3.63, 3.8) is 0 Å². The zero-order valence-corrected chi connectivity index (χ0v) is 7.66. The zero-order valence-electron chi connectivity index (χ0n) is 6.77. The first kappa shape index (κ1) is 11.2. The second kappa shape index (κ2) is 4.26. The predicted octanol–water partition coefficient (Wildman–Crippen LogP) is 1.10. The number of allylic oxidation sites excluding steroid dienone is 4. The largest absolute Gasteiger partial charge is 0.399 e. The first-order chi connectivity index (χ1) is 5.38. The maximum atomic E-state index is 10.5. The summed E-state index contributed by atoms with van der Waals surface area (Å²) in [6, 6.07) is 0. The van der Waals surface area contributed by atoms with Crippen molar-refractivity contribution in [1.82, 2.24) is 0 Å². The smallest absolute Gasteiger partial charge is 0.355 e. The maximum absolute atomic E-state index is 10.5. The van der Waals surface area contributed by atoms with Gasteiger partial charge in [-0.3, -0.25) is 4.57 Å². The predicted molar refractivity (Wildman–Crippen MR) is 48.3 cm³/mol. The summed E-state index contributed by atoms with van der Waals surface area (Å²) in [7, 11) is -4.19. The van der Waals surface area contributed by atoms with Gasteiger partial charge in [0.15, 0.2) is 0 Å². The molecule has 68 valence electrons. The average Bonchev–Trinajstić information content (AvgIpc) is 1.97. The summed E-state index contributed by atoms with van der Waals surface area (Å²) in [4.78, 5) is 17.1. The molecule has 0 heterocycles. The van der Waals surface area contributed by atoms with Crippen LogP contribution < -0.4 is 5.73 Å². The molecular formula is C7H12NO3P. The van der Waals surface area contributed by atoms with Crippen LogP contribution in [0.1, 0.15) is 6.92 Å². The molecule has 0 saturated carbocycles. The van der Waals surface area contributed by atoms with E-state index in [1.165, 1.54) is 12.2 Å². The fraction of sp³-hybridized carbons (Fsp3) is 0.143. The van der Waals surface area contributed by atoms with Crippen LogP contribution in [0, 0.1) is 0 Å². The van der Waals surface area contributed by atoms with Crippen molar-refractivity contribution < 1.29 is 14.4 Å². The lowest BCUT2D eigenvalue weighted by Crippen LogP contribution is -1.91. The summed E-state index contributed by atoms with van der Waals surface area (Å²) in [6.45, 7) is 4.92. The van der Waals surface area contributed by atoms with E-state index in [0.717, 1.165) is 0 Å². The third-order valence-corrected chi connectivity index (χ3v) is 2.07. The molecule has 0 aliphatic heterocycles. The third kappa shape index (κ3) is 4.13. The van der Waals surface area contributed by atoms with Gasteiger partial charge in [0.2, 0.25) is 0 Å². The molecule has 0 amide bonds. The second-order valence-corrected chi connectivity index (χ2v) is 3.82. The van der Waals surface area contributed by atoms with E-state index in [4.69, 9.17) is 15.5 Å². The minimum Gasteiger partial charge on any atom is -0.399 e. The van der Waals surface area contributed by atoms with Crippen LogP contribution in [0.15, 0.2) is 35.8 Å². The molecule has 0 aliphatic carbocycles. The summed E-state index contributed by atoms with van der Waals surface area (Å²) in [5.41, 5.74) is 5.78.